The summed E-state index contributed by atoms with van der Waals surface area (Å²) in [5.74, 6) is 0.441. The standard InChI is InChI=1S/C19H16FN5O2/c1-12-21-17(23-27-12)11-24(2)19(26)14-5-8-18-22-16(10-25(18)9-14)13-3-6-15(20)7-4-13/h3-10H,11H2,1-2H3. The molecule has 3 heterocycles. The van der Waals surface area contributed by atoms with Gasteiger partial charge in [0.1, 0.15) is 11.5 Å². The van der Waals surface area contributed by atoms with Crippen LogP contribution in [0.2, 0.25) is 0 Å². The third kappa shape index (κ3) is 3.41. The minimum Gasteiger partial charge on any atom is -0.340 e. The maximum Gasteiger partial charge on any atom is 0.255 e. The van der Waals surface area contributed by atoms with Gasteiger partial charge in [-0.3, -0.25) is 4.79 Å². The van der Waals surface area contributed by atoms with Crippen molar-refractivity contribution in [1.82, 2.24) is 24.4 Å². The van der Waals surface area contributed by atoms with Crippen LogP contribution in [0.4, 0.5) is 4.39 Å². The Labute approximate surface area is 154 Å². The molecule has 3 aromatic heterocycles. The van der Waals surface area contributed by atoms with Crippen molar-refractivity contribution in [3.8, 4) is 11.3 Å². The molecule has 1 amide bonds. The molecule has 8 heteroatoms. The number of pyridine rings is 1. The third-order valence-corrected chi connectivity index (χ3v) is 4.13. The molecule has 0 saturated heterocycles. The lowest BCUT2D eigenvalue weighted by Crippen LogP contribution is -2.26. The number of fused-ring (bicyclic) bond motifs is 1. The summed E-state index contributed by atoms with van der Waals surface area (Å²) in [6.45, 7) is 1.95. The summed E-state index contributed by atoms with van der Waals surface area (Å²) in [5.41, 5.74) is 2.71. The van der Waals surface area contributed by atoms with E-state index in [2.05, 4.69) is 15.1 Å². The molecule has 4 aromatic rings. The molecule has 0 saturated carbocycles. The zero-order valence-electron chi connectivity index (χ0n) is 14.8. The number of halogens is 1. The van der Waals surface area contributed by atoms with Crippen LogP contribution in [0.1, 0.15) is 22.1 Å². The predicted octanol–water partition coefficient (Wildman–Crippen LogP) is 3.10. The van der Waals surface area contributed by atoms with E-state index in [1.807, 2.05) is 6.20 Å². The van der Waals surface area contributed by atoms with Crippen molar-refractivity contribution in [3.05, 3.63) is 71.9 Å². The minimum atomic E-state index is -0.296. The molecule has 0 aliphatic heterocycles. The van der Waals surface area contributed by atoms with E-state index in [4.69, 9.17) is 4.52 Å². The molecule has 0 bridgehead atoms. The minimum absolute atomic E-state index is 0.170. The lowest BCUT2D eigenvalue weighted by molar-refractivity contribution is 0.0780. The van der Waals surface area contributed by atoms with Gasteiger partial charge in [-0.1, -0.05) is 5.16 Å². The molecule has 27 heavy (non-hydrogen) atoms. The zero-order valence-corrected chi connectivity index (χ0v) is 14.8. The Morgan fingerprint density at radius 3 is 2.63 bits per heavy atom. The highest BCUT2D eigenvalue weighted by atomic mass is 19.1. The number of aryl methyl sites for hydroxylation is 1. The number of aromatic nitrogens is 4. The quantitative estimate of drug-likeness (QED) is 0.555. The highest BCUT2D eigenvalue weighted by Gasteiger charge is 2.16. The number of imidazole rings is 1. The van der Waals surface area contributed by atoms with E-state index in [0.29, 0.717) is 28.6 Å². The second-order valence-electron chi connectivity index (χ2n) is 6.21. The molecule has 0 spiro atoms. The van der Waals surface area contributed by atoms with E-state index in [-0.39, 0.29) is 18.3 Å². The number of amides is 1. The van der Waals surface area contributed by atoms with Crippen molar-refractivity contribution in [2.75, 3.05) is 7.05 Å². The summed E-state index contributed by atoms with van der Waals surface area (Å²) < 4.78 is 19.8. The third-order valence-electron chi connectivity index (χ3n) is 4.13. The predicted molar refractivity (Wildman–Crippen MR) is 95.4 cm³/mol. The van der Waals surface area contributed by atoms with Crippen LogP contribution in [0.15, 0.2) is 53.3 Å². The van der Waals surface area contributed by atoms with Crippen LogP contribution in [-0.4, -0.2) is 37.4 Å². The summed E-state index contributed by atoms with van der Waals surface area (Å²) in [6.07, 6.45) is 3.53. The Morgan fingerprint density at radius 2 is 1.93 bits per heavy atom. The molecule has 136 valence electrons. The first kappa shape index (κ1) is 16.9. The fourth-order valence-electron chi connectivity index (χ4n) is 2.79. The Bertz CT molecular complexity index is 1120. The van der Waals surface area contributed by atoms with Crippen LogP contribution < -0.4 is 0 Å². The highest BCUT2D eigenvalue weighted by Crippen LogP contribution is 2.20. The van der Waals surface area contributed by atoms with Crippen LogP contribution >= 0.6 is 0 Å². The maximum absolute atomic E-state index is 13.1. The van der Waals surface area contributed by atoms with E-state index < -0.39 is 0 Å². The summed E-state index contributed by atoms with van der Waals surface area (Å²) in [7, 11) is 1.68. The number of hydrogen-bond acceptors (Lipinski definition) is 5. The number of nitrogens with zero attached hydrogens (tertiary/aromatic N) is 5. The molecule has 0 N–H and O–H groups in total. The summed E-state index contributed by atoms with van der Waals surface area (Å²) in [4.78, 5) is 22.8. The van der Waals surface area contributed by atoms with Crippen LogP contribution in [0.3, 0.4) is 0 Å². The normalized spacial score (nSPS) is 11.1. The van der Waals surface area contributed by atoms with E-state index in [9.17, 15) is 9.18 Å². The molecule has 0 atom stereocenters. The average Bonchev–Trinajstić information content (AvgIpc) is 3.26. The Balaban J connectivity index is 1.58. The van der Waals surface area contributed by atoms with Crippen molar-refractivity contribution < 1.29 is 13.7 Å². The van der Waals surface area contributed by atoms with Gasteiger partial charge >= 0.3 is 0 Å². The van der Waals surface area contributed by atoms with Gasteiger partial charge in [-0.05, 0) is 36.4 Å². The number of rotatable bonds is 4. The van der Waals surface area contributed by atoms with Gasteiger partial charge in [-0.25, -0.2) is 9.37 Å². The molecule has 0 aliphatic rings. The Hall–Kier alpha value is -3.55. The van der Waals surface area contributed by atoms with Crippen molar-refractivity contribution in [1.29, 1.82) is 0 Å². The van der Waals surface area contributed by atoms with Crippen LogP contribution in [0, 0.1) is 12.7 Å². The zero-order chi connectivity index (χ0) is 19.0. The molecule has 0 fully saturated rings. The SMILES string of the molecule is Cc1nc(CN(C)C(=O)c2ccc3nc(-c4ccc(F)cc4)cn3c2)no1. The number of carbonyl (C=O) groups excluding carboxylic acids is 1. The van der Waals surface area contributed by atoms with Crippen LogP contribution in [0.5, 0.6) is 0 Å². The van der Waals surface area contributed by atoms with Gasteiger partial charge < -0.3 is 13.8 Å². The molecule has 0 aliphatic carbocycles. The Kier molecular flexibility index (Phi) is 4.15. The average molecular weight is 365 g/mol. The molecule has 1 aromatic carbocycles. The first-order valence-electron chi connectivity index (χ1n) is 8.29. The van der Waals surface area contributed by atoms with Crippen LogP contribution in [-0.2, 0) is 6.54 Å². The van der Waals surface area contributed by atoms with Crippen molar-refractivity contribution >= 4 is 11.6 Å². The van der Waals surface area contributed by atoms with Gasteiger partial charge in [0, 0.05) is 31.9 Å². The largest absolute Gasteiger partial charge is 0.340 e. The molecule has 7 nitrogen and oxygen atoms in total. The summed E-state index contributed by atoms with van der Waals surface area (Å²) >= 11 is 0. The van der Waals surface area contributed by atoms with Crippen molar-refractivity contribution in [2.45, 2.75) is 13.5 Å². The van der Waals surface area contributed by atoms with E-state index >= 15 is 0 Å². The second kappa shape index (κ2) is 6.64. The summed E-state index contributed by atoms with van der Waals surface area (Å²) in [6, 6.07) is 9.61. The molecule has 0 unspecified atom stereocenters. The maximum atomic E-state index is 13.1. The number of carbonyl (C=O) groups is 1. The fraction of sp³-hybridized carbons (Fsp3) is 0.158. The van der Waals surface area contributed by atoms with Gasteiger partial charge in [-0.2, -0.15) is 4.98 Å². The highest BCUT2D eigenvalue weighted by molar-refractivity contribution is 5.94. The Morgan fingerprint density at radius 1 is 1.15 bits per heavy atom. The second-order valence-corrected chi connectivity index (χ2v) is 6.21. The number of hydrogen-bond donors (Lipinski definition) is 0. The van der Waals surface area contributed by atoms with E-state index in [1.165, 1.54) is 17.0 Å². The lowest BCUT2D eigenvalue weighted by Gasteiger charge is -2.15. The smallest absolute Gasteiger partial charge is 0.255 e. The summed E-state index contributed by atoms with van der Waals surface area (Å²) in [5, 5.41) is 3.80. The molecule has 0 radical (unpaired) electrons. The first-order valence-corrected chi connectivity index (χ1v) is 8.29. The van der Waals surface area contributed by atoms with Crippen LogP contribution in [0.25, 0.3) is 16.9 Å². The topological polar surface area (TPSA) is 76.5 Å². The molecular weight excluding hydrogens is 349 g/mol. The van der Waals surface area contributed by atoms with E-state index in [0.717, 1.165) is 5.56 Å². The van der Waals surface area contributed by atoms with Crippen molar-refractivity contribution in [2.24, 2.45) is 0 Å². The van der Waals surface area contributed by atoms with Gasteiger partial charge in [0.05, 0.1) is 17.8 Å². The van der Waals surface area contributed by atoms with Crippen molar-refractivity contribution in [3.63, 3.8) is 0 Å². The van der Waals surface area contributed by atoms with E-state index in [1.54, 1.807) is 48.8 Å². The number of benzene rings is 1. The monoisotopic (exact) mass is 365 g/mol. The van der Waals surface area contributed by atoms with Gasteiger partial charge in [0.25, 0.3) is 5.91 Å². The van der Waals surface area contributed by atoms with Gasteiger partial charge in [0.15, 0.2) is 5.82 Å². The lowest BCUT2D eigenvalue weighted by atomic mass is 10.2. The molecule has 4 rings (SSSR count). The van der Waals surface area contributed by atoms with Gasteiger partial charge in [-0.15, -0.1) is 0 Å². The van der Waals surface area contributed by atoms with Gasteiger partial charge in [0.2, 0.25) is 5.89 Å². The first-order chi connectivity index (χ1) is 13.0. The fourth-order valence-corrected chi connectivity index (χ4v) is 2.79. The molecular formula is C19H16FN5O2.